The lowest BCUT2D eigenvalue weighted by Crippen LogP contribution is -2.43. The van der Waals surface area contributed by atoms with E-state index < -0.39 is 12.1 Å². The fraction of sp³-hybridized carbons (Fsp3) is 0.529. The van der Waals surface area contributed by atoms with Crippen LogP contribution in [0.4, 0.5) is 0 Å². The Labute approximate surface area is 142 Å². The molecule has 2 amide bonds. The molecule has 0 aliphatic heterocycles. The van der Waals surface area contributed by atoms with Gasteiger partial charge in [0.05, 0.1) is 18.7 Å². The molecule has 2 unspecified atom stereocenters. The summed E-state index contributed by atoms with van der Waals surface area (Å²) in [4.78, 5) is 23.4. The zero-order valence-corrected chi connectivity index (χ0v) is 14.6. The molecule has 0 saturated heterocycles. The van der Waals surface area contributed by atoms with Gasteiger partial charge >= 0.3 is 0 Å². The van der Waals surface area contributed by atoms with Crippen LogP contribution < -0.4 is 10.6 Å². The molecule has 0 saturated carbocycles. The average Bonchev–Trinajstić information content (AvgIpc) is 2.50. The minimum absolute atomic E-state index is 0.0887. The molecule has 0 aromatic heterocycles. The highest BCUT2D eigenvalue weighted by Gasteiger charge is 2.18. The number of carbonyl (C=O) groups is 2. The fourth-order valence-corrected chi connectivity index (χ4v) is 2.15. The third-order valence-electron chi connectivity index (χ3n) is 3.47. The summed E-state index contributed by atoms with van der Waals surface area (Å²) >= 11 is 5.80. The molecule has 1 rings (SSSR count). The fourth-order valence-electron chi connectivity index (χ4n) is 2.02. The standard InChI is InChI=1S/C17H25ClN2O3/c1-11(2)4-9-15(21)19-10-16(22)20-12(3)17(23)13-5-7-14(18)8-6-13/h5-8,11-12,17,23H,4,9-10H2,1-3H3,(H,19,21)(H,20,22). The molecule has 0 bridgehead atoms. The second-order valence-corrected chi connectivity index (χ2v) is 6.50. The van der Waals surface area contributed by atoms with Crippen molar-refractivity contribution in [2.24, 2.45) is 5.92 Å². The van der Waals surface area contributed by atoms with Gasteiger partial charge in [0.1, 0.15) is 0 Å². The summed E-state index contributed by atoms with van der Waals surface area (Å²) in [5.74, 6) is -0.0210. The van der Waals surface area contributed by atoms with Crippen molar-refractivity contribution in [1.29, 1.82) is 0 Å². The molecule has 3 N–H and O–H groups in total. The van der Waals surface area contributed by atoms with E-state index in [2.05, 4.69) is 10.6 Å². The Bertz CT molecular complexity index is 517. The largest absolute Gasteiger partial charge is 0.386 e. The number of aliphatic hydroxyl groups is 1. The van der Waals surface area contributed by atoms with Crippen LogP contribution >= 0.6 is 11.6 Å². The highest BCUT2D eigenvalue weighted by atomic mass is 35.5. The number of rotatable bonds is 8. The molecule has 0 aliphatic rings. The molecule has 0 aliphatic carbocycles. The molecule has 0 heterocycles. The van der Waals surface area contributed by atoms with Gasteiger partial charge in [-0.1, -0.05) is 37.6 Å². The lowest BCUT2D eigenvalue weighted by atomic mass is 10.0. The van der Waals surface area contributed by atoms with E-state index in [1.807, 2.05) is 13.8 Å². The van der Waals surface area contributed by atoms with Crippen LogP contribution in [0, 0.1) is 5.92 Å². The topological polar surface area (TPSA) is 78.4 Å². The number of aliphatic hydroxyl groups excluding tert-OH is 1. The molecule has 23 heavy (non-hydrogen) atoms. The SMILES string of the molecule is CC(C)CCC(=O)NCC(=O)NC(C)C(O)c1ccc(Cl)cc1. The van der Waals surface area contributed by atoms with E-state index in [4.69, 9.17) is 11.6 Å². The smallest absolute Gasteiger partial charge is 0.239 e. The maximum Gasteiger partial charge on any atom is 0.239 e. The van der Waals surface area contributed by atoms with Gasteiger partial charge in [-0.25, -0.2) is 0 Å². The summed E-state index contributed by atoms with van der Waals surface area (Å²) in [5.41, 5.74) is 0.670. The van der Waals surface area contributed by atoms with Crippen LogP contribution in [-0.4, -0.2) is 29.5 Å². The summed E-state index contributed by atoms with van der Waals surface area (Å²) in [7, 11) is 0. The third-order valence-corrected chi connectivity index (χ3v) is 3.72. The molecule has 1 aromatic carbocycles. The predicted octanol–water partition coefficient (Wildman–Crippen LogP) is 2.43. The second kappa shape index (κ2) is 9.53. The molecule has 0 radical (unpaired) electrons. The number of halogens is 1. The van der Waals surface area contributed by atoms with Crippen molar-refractivity contribution >= 4 is 23.4 Å². The quantitative estimate of drug-likeness (QED) is 0.680. The first-order valence-electron chi connectivity index (χ1n) is 7.79. The van der Waals surface area contributed by atoms with E-state index in [9.17, 15) is 14.7 Å². The van der Waals surface area contributed by atoms with Gasteiger partial charge in [-0.3, -0.25) is 9.59 Å². The van der Waals surface area contributed by atoms with E-state index in [1.165, 1.54) is 0 Å². The van der Waals surface area contributed by atoms with Gasteiger partial charge < -0.3 is 15.7 Å². The van der Waals surface area contributed by atoms with Gasteiger partial charge in [-0.15, -0.1) is 0 Å². The van der Waals surface area contributed by atoms with E-state index >= 15 is 0 Å². The molecule has 128 valence electrons. The Kier molecular flexibility index (Phi) is 8.06. The van der Waals surface area contributed by atoms with Gasteiger partial charge in [0, 0.05) is 11.4 Å². The van der Waals surface area contributed by atoms with Crippen LogP contribution in [0.15, 0.2) is 24.3 Å². The van der Waals surface area contributed by atoms with Crippen molar-refractivity contribution in [2.45, 2.75) is 45.8 Å². The maximum atomic E-state index is 11.8. The van der Waals surface area contributed by atoms with Crippen LogP contribution in [0.25, 0.3) is 0 Å². The van der Waals surface area contributed by atoms with Crippen molar-refractivity contribution in [3.05, 3.63) is 34.9 Å². The molecule has 5 nitrogen and oxygen atoms in total. The van der Waals surface area contributed by atoms with Crippen molar-refractivity contribution in [3.8, 4) is 0 Å². The molecule has 0 spiro atoms. The molecule has 0 fully saturated rings. The monoisotopic (exact) mass is 340 g/mol. The lowest BCUT2D eigenvalue weighted by Gasteiger charge is -2.21. The summed E-state index contributed by atoms with van der Waals surface area (Å²) in [5, 5.41) is 16.0. The Morgan fingerprint density at radius 1 is 1.13 bits per heavy atom. The maximum absolute atomic E-state index is 11.8. The third kappa shape index (κ3) is 7.48. The Balaban J connectivity index is 2.38. The molecule has 2 atom stereocenters. The summed E-state index contributed by atoms with van der Waals surface area (Å²) in [6, 6.07) is 6.32. The number of carbonyl (C=O) groups excluding carboxylic acids is 2. The molecular formula is C17H25ClN2O3. The summed E-state index contributed by atoms with van der Waals surface area (Å²) < 4.78 is 0. The van der Waals surface area contributed by atoms with E-state index in [1.54, 1.807) is 31.2 Å². The van der Waals surface area contributed by atoms with Crippen LogP contribution in [0.1, 0.15) is 45.3 Å². The summed E-state index contributed by atoms with van der Waals surface area (Å²) in [6.07, 6.45) is 0.361. The number of hydrogen-bond donors (Lipinski definition) is 3. The van der Waals surface area contributed by atoms with E-state index in [0.29, 0.717) is 22.9 Å². The van der Waals surface area contributed by atoms with Gasteiger partial charge in [0.2, 0.25) is 11.8 Å². The zero-order chi connectivity index (χ0) is 17.4. The second-order valence-electron chi connectivity index (χ2n) is 6.06. The van der Waals surface area contributed by atoms with Crippen LogP contribution in [0.2, 0.25) is 5.02 Å². The van der Waals surface area contributed by atoms with Gasteiger partial charge in [0.15, 0.2) is 0 Å². The van der Waals surface area contributed by atoms with Gasteiger partial charge in [0.25, 0.3) is 0 Å². The van der Waals surface area contributed by atoms with E-state index in [-0.39, 0.29) is 18.4 Å². The molecule has 6 heteroatoms. The van der Waals surface area contributed by atoms with Crippen LogP contribution in [0.5, 0.6) is 0 Å². The minimum atomic E-state index is -0.840. The summed E-state index contributed by atoms with van der Waals surface area (Å²) in [6.45, 7) is 5.70. The molecule has 1 aromatic rings. The van der Waals surface area contributed by atoms with Crippen LogP contribution in [-0.2, 0) is 9.59 Å². The van der Waals surface area contributed by atoms with E-state index in [0.717, 1.165) is 6.42 Å². The zero-order valence-electron chi connectivity index (χ0n) is 13.8. The number of nitrogens with one attached hydrogen (secondary N) is 2. The molecular weight excluding hydrogens is 316 g/mol. The van der Waals surface area contributed by atoms with Crippen LogP contribution in [0.3, 0.4) is 0 Å². The van der Waals surface area contributed by atoms with Crippen molar-refractivity contribution in [1.82, 2.24) is 10.6 Å². The first-order valence-corrected chi connectivity index (χ1v) is 8.17. The highest BCUT2D eigenvalue weighted by molar-refractivity contribution is 6.30. The Hall–Kier alpha value is -1.59. The predicted molar refractivity (Wildman–Crippen MR) is 91.1 cm³/mol. The lowest BCUT2D eigenvalue weighted by molar-refractivity contribution is -0.126. The Morgan fingerprint density at radius 2 is 1.74 bits per heavy atom. The Morgan fingerprint density at radius 3 is 2.30 bits per heavy atom. The first-order chi connectivity index (χ1) is 10.8. The number of benzene rings is 1. The van der Waals surface area contributed by atoms with Crippen molar-refractivity contribution in [3.63, 3.8) is 0 Å². The average molecular weight is 341 g/mol. The normalized spacial score (nSPS) is 13.5. The minimum Gasteiger partial charge on any atom is -0.386 e. The van der Waals surface area contributed by atoms with Gasteiger partial charge in [-0.05, 0) is 37.0 Å². The number of amides is 2. The van der Waals surface area contributed by atoms with Gasteiger partial charge in [-0.2, -0.15) is 0 Å². The number of hydrogen-bond acceptors (Lipinski definition) is 3. The first kappa shape index (κ1) is 19.5. The highest BCUT2D eigenvalue weighted by Crippen LogP contribution is 2.19. The van der Waals surface area contributed by atoms with Crippen molar-refractivity contribution in [2.75, 3.05) is 6.54 Å². The van der Waals surface area contributed by atoms with Crippen molar-refractivity contribution < 1.29 is 14.7 Å².